The highest BCUT2D eigenvalue weighted by molar-refractivity contribution is 5.79. The van der Waals surface area contributed by atoms with Crippen LogP contribution < -0.4 is 4.74 Å². The van der Waals surface area contributed by atoms with E-state index in [0.717, 1.165) is 24.3 Å². The van der Waals surface area contributed by atoms with Gasteiger partial charge < -0.3 is 14.7 Å². The minimum Gasteiger partial charge on any atom is -0.497 e. The molecule has 0 aliphatic carbocycles. The van der Waals surface area contributed by atoms with E-state index in [4.69, 9.17) is 9.84 Å². The molecule has 1 fully saturated rings. The first kappa shape index (κ1) is 15.4. The zero-order valence-electron chi connectivity index (χ0n) is 12.2. The lowest BCUT2D eigenvalue weighted by atomic mass is 10.0. The molecule has 1 aliphatic heterocycles. The summed E-state index contributed by atoms with van der Waals surface area (Å²) in [6.07, 6.45) is 2.10. The van der Waals surface area contributed by atoms with Gasteiger partial charge in [0.15, 0.2) is 0 Å². The maximum atomic E-state index is 12.3. The highest BCUT2D eigenvalue weighted by Crippen LogP contribution is 2.22. The van der Waals surface area contributed by atoms with E-state index >= 15 is 0 Å². The molecule has 21 heavy (non-hydrogen) atoms. The average molecular weight is 291 g/mol. The molecule has 0 aromatic heterocycles. The number of hydrogen-bond acceptors (Lipinski definition) is 3. The summed E-state index contributed by atoms with van der Waals surface area (Å²) in [5.41, 5.74) is 0.938. The first-order valence-electron chi connectivity index (χ1n) is 7.21. The molecule has 0 saturated carbocycles. The van der Waals surface area contributed by atoms with Crippen LogP contribution in [0.1, 0.15) is 24.8 Å². The van der Waals surface area contributed by atoms with Gasteiger partial charge in [-0.2, -0.15) is 0 Å². The zero-order valence-corrected chi connectivity index (χ0v) is 12.2. The van der Waals surface area contributed by atoms with Crippen LogP contribution in [0.4, 0.5) is 0 Å². The Labute approximate surface area is 124 Å². The Hall–Kier alpha value is -2.04. The van der Waals surface area contributed by atoms with Crippen LogP contribution in [0.3, 0.4) is 0 Å². The number of carbonyl (C=O) groups excluding carboxylic acids is 1. The van der Waals surface area contributed by atoms with Crippen LogP contribution in [0.5, 0.6) is 5.75 Å². The van der Waals surface area contributed by atoms with Crippen molar-refractivity contribution in [1.29, 1.82) is 0 Å². The second-order valence-corrected chi connectivity index (χ2v) is 5.46. The number of carboxylic acids is 1. The van der Waals surface area contributed by atoms with Crippen LogP contribution in [0.15, 0.2) is 24.3 Å². The standard InChI is InChI=1S/C16H21NO4/c1-21-14-4-2-3-13(9-14)10-15(18)17-8-7-12(11-17)5-6-16(19)20/h2-4,9,12H,5-8,10-11H2,1H3,(H,19,20). The molecule has 1 amide bonds. The van der Waals surface area contributed by atoms with Gasteiger partial charge in [-0.05, 0) is 36.5 Å². The lowest BCUT2D eigenvalue weighted by molar-refractivity contribution is -0.137. The minimum atomic E-state index is -0.767. The number of carbonyl (C=O) groups is 2. The fourth-order valence-corrected chi connectivity index (χ4v) is 2.69. The van der Waals surface area contributed by atoms with Crippen molar-refractivity contribution in [3.8, 4) is 5.75 Å². The summed E-state index contributed by atoms with van der Waals surface area (Å²) in [6, 6.07) is 7.52. The van der Waals surface area contributed by atoms with Crippen molar-refractivity contribution in [3.63, 3.8) is 0 Å². The Balaban J connectivity index is 1.85. The number of ether oxygens (including phenoxy) is 1. The van der Waals surface area contributed by atoms with Gasteiger partial charge in [-0.25, -0.2) is 0 Å². The maximum absolute atomic E-state index is 12.3. The van der Waals surface area contributed by atoms with Crippen molar-refractivity contribution in [1.82, 2.24) is 4.90 Å². The summed E-state index contributed by atoms with van der Waals surface area (Å²) >= 11 is 0. The monoisotopic (exact) mass is 291 g/mol. The zero-order chi connectivity index (χ0) is 15.2. The summed E-state index contributed by atoms with van der Waals surface area (Å²) in [7, 11) is 1.61. The molecular weight excluding hydrogens is 270 g/mol. The summed E-state index contributed by atoms with van der Waals surface area (Å²) in [5.74, 6) is 0.397. The molecule has 5 heteroatoms. The summed E-state index contributed by atoms with van der Waals surface area (Å²) < 4.78 is 5.15. The fourth-order valence-electron chi connectivity index (χ4n) is 2.69. The number of likely N-dealkylation sites (tertiary alicyclic amines) is 1. The van der Waals surface area contributed by atoms with Gasteiger partial charge in [0.1, 0.15) is 5.75 Å². The van der Waals surface area contributed by atoms with Gasteiger partial charge >= 0.3 is 5.97 Å². The lowest BCUT2D eigenvalue weighted by Crippen LogP contribution is -2.30. The van der Waals surface area contributed by atoms with Gasteiger partial charge in [0.05, 0.1) is 13.5 Å². The van der Waals surface area contributed by atoms with Crippen molar-refractivity contribution in [2.75, 3.05) is 20.2 Å². The van der Waals surface area contributed by atoms with Crippen LogP contribution in [-0.4, -0.2) is 42.1 Å². The summed E-state index contributed by atoms with van der Waals surface area (Å²) in [4.78, 5) is 24.7. The molecule has 1 aromatic carbocycles. The Morgan fingerprint density at radius 3 is 2.95 bits per heavy atom. The quantitative estimate of drug-likeness (QED) is 0.870. The smallest absolute Gasteiger partial charge is 0.303 e. The Kier molecular flexibility index (Phi) is 5.20. The molecule has 114 valence electrons. The SMILES string of the molecule is COc1cccc(CC(=O)N2CCC(CCC(=O)O)C2)c1. The second-order valence-electron chi connectivity index (χ2n) is 5.46. The molecule has 1 aliphatic rings. The normalized spacial score (nSPS) is 17.8. The Morgan fingerprint density at radius 1 is 1.43 bits per heavy atom. The Bertz CT molecular complexity index is 515. The molecule has 1 heterocycles. The molecule has 0 radical (unpaired) electrons. The molecule has 1 saturated heterocycles. The predicted octanol–water partition coefficient (Wildman–Crippen LogP) is 1.95. The summed E-state index contributed by atoms with van der Waals surface area (Å²) in [6.45, 7) is 1.41. The number of benzene rings is 1. The molecule has 1 unspecified atom stereocenters. The number of rotatable bonds is 6. The van der Waals surface area contributed by atoms with Crippen LogP contribution >= 0.6 is 0 Å². The third kappa shape index (κ3) is 4.48. The largest absolute Gasteiger partial charge is 0.497 e. The molecule has 1 aromatic rings. The van der Waals surface area contributed by atoms with E-state index in [1.165, 1.54) is 0 Å². The number of methoxy groups -OCH3 is 1. The lowest BCUT2D eigenvalue weighted by Gasteiger charge is -2.16. The van der Waals surface area contributed by atoms with Gasteiger partial charge in [0.2, 0.25) is 5.91 Å². The van der Waals surface area contributed by atoms with Crippen molar-refractivity contribution in [2.24, 2.45) is 5.92 Å². The van der Waals surface area contributed by atoms with E-state index in [1.807, 2.05) is 29.2 Å². The molecule has 5 nitrogen and oxygen atoms in total. The molecule has 0 spiro atoms. The van der Waals surface area contributed by atoms with Gasteiger partial charge in [0, 0.05) is 19.5 Å². The van der Waals surface area contributed by atoms with Crippen molar-refractivity contribution in [3.05, 3.63) is 29.8 Å². The van der Waals surface area contributed by atoms with E-state index in [1.54, 1.807) is 7.11 Å². The van der Waals surface area contributed by atoms with Crippen LogP contribution in [0.2, 0.25) is 0 Å². The predicted molar refractivity (Wildman–Crippen MR) is 78.3 cm³/mol. The van der Waals surface area contributed by atoms with E-state index in [9.17, 15) is 9.59 Å². The second kappa shape index (κ2) is 7.11. The number of amides is 1. The first-order valence-corrected chi connectivity index (χ1v) is 7.21. The highest BCUT2D eigenvalue weighted by Gasteiger charge is 2.26. The summed E-state index contributed by atoms with van der Waals surface area (Å²) in [5, 5.41) is 8.70. The van der Waals surface area contributed by atoms with Crippen molar-refractivity contribution < 1.29 is 19.4 Å². The van der Waals surface area contributed by atoms with E-state index in [2.05, 4.69) is 0 Å². The van der Waals surface area contributed by atoms with E-state index in [0.29, 0.717) is 25.3 Å². The van der Waals surface area contributed by atoms with Gasteiger partial charge in [-0.1, -0.05) is 12.1 Å². The highest BCUT2D eigenvalue weighted by atomic mass is 16.5. The molecule has 0 bridgehead atoms. The number of hydrogen-bond donors (Lipinski definition) is 1. The van der Waals surface area contributed by atoms with Crippen LogP contribution in [0, 0.1) is 5.92 Å². The van der Waals surface area contributed by atoms with Gasteiger partial charge in [-0.3, -0.25) is 9.59 Å². The molecular formula is C16H21NO4. The van der Waals surface area contributed by atoms with E-state index < -0.39 is 5.97 Å². The van der Waals surface area contributed by atoms with E-state index in [-0.39, 0.29) is 12.3 Å². The van der Waals surface area contributed by atoms with Crippen LogP contribution in [0.25, 0.3) is 0 Å². The molecule has 1 atom stereocenters. The van der Waals surface area contributed by atoms with Crippen molar-refractivity contribution in [2.45, 2.75) is 25.7 Å². The average Bonchev–Trinajstić information content (AvgIpc) is 2.94. The van der Waals surface area contributed by atoms with Gasteiger partial charge in [-0.15, -0.1) is 0 Å². The Morgan fingerprint density at radius 2 is 2.24 bits per heavy atom. The fraction of sp³-hybridized carbons (Fsp3) is 0.500. The number of carboxylic acid groups (broad SMARTS) is 1. The van der Waals surface area contributed by atoms with Crippen molar-refractivity contribution >= 4 is 11.9 Å². The third-order valence-corrected chi connectivity index (χ3v) is 3.89. The third-order valence-electron chi connectivity index (χ3n) is 3.89. The molecule has 1 N–H and O–H groups in total. The van der Waals surface area contributed by atoms with Crippen LogP contribution in [-0.2, 0) is 16.0 Å². The topological polar surface area (TPSA) is 66.8 Å². The maximum Gasteiger partial charge on any atom is 0.303 e. The minimum absolute atomic E-state index is 0.0982. The molecule has 2 rings (SSSR count). The number of nitrogens with zero attached hydrogens (tertiary/aromatic N) is 1. The number of aliphatic carboxylic acids is 1. The first-order chi connectivity index (χ1) is 10.1. The van der Waals surface area contributed by atoms with Gasteiger partial charge in [0.25, 0.3) is 0 Å².